The zero-order valence-electron chi connectivity index (χ0n) is 7.89. The average molecular weight is 226 g/mol. The molecular formula is C8H9F3O4. The molecule has 1 aliphatic heterocycles. The van der Waals surface area contributed by atoms with Crippen LogP contribution in [0, 0.1) is 0 Å². The molecule has 0 aliphatic carbocycles. The fourth-order valence-electron chi connectivity index (χ4n) is 1.37. The van der Waals surface area contributed by atoms with Crippen molar-refractivity contribution in [2.24, 2.45) is 0 Å². The average Bonchev–Trinajstić information content (AvgIpc) is 2.00. The van der Waals surface area contributed by atoms with Gasteiger partial charge in [-0.15, -0.1) is 0 Å². The Morgan fingerprint density at radius 1 is 1.53 bits per heavy atom. The monoisotopic (exact) mass is 226 g/mol. The topological polar surface area (TPSA) is 52.6 Å². The van der Waals surface area contributed by atoms with Gasteiger partial charge in [-0.25, -0.2) is 4.79 Å². The smallest absolute Gasteiger partial charge is 0.434 e. The SMILES string of the molecule is CC(=O)CC1(C(F)(F)F)CCOC(=O)O1. The highest BCUT2D eigenvalue weighted by molar-refractivity contribution is 5.77. The van der Waals surface area contributed by atoms with Gasteiger partial charge >= 0.3 is 12.3 Å². The van der Waals surface area contributed by atoms with Crippen molar-refractivity contribution in [1.82, 2.24) is 0 Å². The molecule has 7 heteroatoms. The number of Topliss-reactive ketones (excluding diaryl/α,β-unsaturated/α-hetero) is 1. The highest BCUT2D eigenvalue weighted by Gasteiger charge is 2.60. The second-order valence-corrected chi connectivity index (χ2v) is 3.32. The van der Waals surface area contributed by atoms with Crippen molar-refractivity contribution in [3.8, 4) is 0 Å². The van der Waals surface area contributed by atoms with E-state index in [4.69, 9.17) is 0 Å². The Kier molecular flexibility index (Phi) is 2.92. The van der Waals surface area contributed by atoms with Crippen molar-refractivity contribution in [2.45, 2.75) is 31.5 Å². The van der Waals surface area contributed by atoms with Crippen LogP contribution in [-0.4, -0.2) is 30.3 Å². The Bertz CT molecular complexity index is 282. The van der Waals surface area contributed by atoms with Gasteiger partial charge in [0.25, 0.3) is 0 Å². The molecule has 1 rings (SSSR count). The van der Waals surface area contributed by atoms with Gasteiger partial charge < -0.3 is 9.47 Å². The van der Waals surface area contributed by atoms with E-state index in [0.717, 1.165) is 6.92 Å². The summed E-state index contributed by atoms with van der Waals surface area (Å²) >= 11 is 0. The van der Waals surface area contributed by atoms with E-state index in [0.29, 0.717) is 0 Å². The number of hydrogen-bond acceptors (Lipinski definition) is 4. The molecule has 1 unspecified atom stereocenters. The summed E-state index contributed by atoms with van der Waals surface area (Å²) in [5.74, 6) is -0.693. The molecule has 0 aromatic heterocycles. The third-order valence-corrected chi connectivity index (χ3v) is 2.06. The van der Waals surface area contributed by atoms with Crippen LogP contribution < -0.4 is 0 Å². The maximum absolute atomic E-state index is 12.6. The standard InChI is InChI=1S/C8H9F3O4/c1-5(12)4-7(8(9,10)11)2-3-14-6(13)15-7/h2-4H2,1H3. The minimum atomic E-state index is -4.77. The van der Waals surface area contributed by atoms with E-state index >= 15 is 0 Å². The summed E-state index contributed by atoms with van der Waals surface area (Å²) in [4.78, 5) is 21.4. The lowest BCUT2D eigenvalue weighted by atomic mass is 9.92. The quantitative estimate of drug-likeness (QED) is 0.674. The zero-order valence-corrected chi connectivity index (χ0v) is 7.89. The van der Waals surface area contributed by atoms with E-state index < -0.39 is 43.2 Å². The molecule has 0 N–H and O–H groups in total. The maximum atomic E-state index is 12.6. The van der Waals surface area contributed by atoms with Crippen LogP contribution in [0.25, 0.3) is 0 Å². The summed E-state index contributed by atoms with van der Waals surface area (Å²) < 4.78 is 46.3. The van der Waals surface area contributed by atoms with Crippen molar-refractivity contribution in [3.63, 3.8) is 0 Å². The van der Waals surface area contributed by atoms with E-state index in [1.54, 1.807) is 0 Å². The summed E-state index contributed by atoms with van der Waals surface area (Å²) in [6.45, 7) is 0.614. The van der Waals surface area contributed by atoms with Crippen LogP contribution in [0.1, 0.15) is 19.8 Å². The second-order valence-electron chi connectivity index (χ2n) is 3.32. The number of carbonyl (C=O) groups excluding carboxylic acids is 2. The van der Waals surface area contributed by atoms with Gasteiger partial charge in [0.1, 0.15) is 5.78 Å². The third-order valence-electron chi connectivity index (χ3n) is 2.06. The molecule has 0 radical (unpaired) electrons. The molecule has 1 heterocycles. The van der Waals surface area contributed by atoms with Crippen molar-refractivity contribution >= 4 is 11.9 Å². The number of carbonyl (C=O) groups is 2. The van der Waals surface area contributed by atoms with Gasteiger partial charge in [-0.2, -0.15) is 13.2 Å². The molecule has 1 aliphatic rings. The fraction of sp³-hybridized carbons (Fsp3) is 0.750. The zero-order chi connectivity index (χ0) is 11.7. The van der Waals surface area contributed by atoms with Crippen LogP contribution in [0.15, 0.2) is 0 Å². The van der Waals surface area contributed by atoms with Crippen molar-refractivity contribution in [1.29, 1.82) is 0 Å². The van der Waals surface area contributed by atoms with E-state index in [2.05, 4.69) is 9.47 Å². The Hall–Kier alpha value is -1.27. The summed E-state index contributed by atoms with van der Waals surface area (Å²) in [6, 6.07) is 0. The number of rotatable bonds is 2. The number of hydrogen-bond donors (Lipinski definition) is 0. The molecule has 15 heavy (non-hydrogen) atoms. The summed E-state index contributed by atoms with van der Waals surface area (Å²) in [5.41, 5.74) is -2.71. The molecule has 1 atom stereocenters. The molecule has 0 aromatic carbocycles. The Morgan fingerprint density at radius 3 is 2.53 bits per heavy atom. The molecule has 0 bridgehead atoms. The van der Waals surface area contributed by atoms with E-state index in [-0.39, 0.29) is 0 Å². The normalized spacial score (nSPS) is 26.8. The van der Waals surface area contributed by atoms with Crippen LogP contribution in [0.5, 0.6) is 0 Å². The van der Waals surface area contributed by atoms with Gasteiger partial charge in [0.05, 0.1) is 13.0 Å². The number of alkyl halides is 3. The van der Waals surface area contributed by atoms with Gasteiger partial charge in [0.2, 0.25) is 5.60 Å². The molecule has 1 saturated heterocycles. The Balaban J connectivity index is 2.95. The number of halogens is 3. The lowest BCUT2D eigenvalue weighted by Gasteiger charge is -2.36. The van der Waals surface area contributed by atoms with Crippen LogP contribution in [0.2, 0.25) is 0 Å². The number of ketones is 1. The number of ether oxygens (including phenoxy) is 2. The van der Waals surface area contributed by atoms with Crippen LogP contribution in [0.4, 0.5) is 18.0 Å². The molecular weight excluding hydrogens is 217 g/mol. The summed E-state index contributed by atoms with van der Waals surface area (Å²) in [7, 11) is 0. The summed E-state index contributed by atoms with van der Waals surface area (Å²) in [6.07, 6.45) is -7.58. The molecule has 86 valence electrons. The lowest BCUT2D eigenvalue weighted by molar-refractivity contribution is -0.279. The van der Waals surface area contributed by atoms with Crippen LogP contribution >= 0.6 is 0 Å². The van der Waals surface area contributed by atoms with Crippen LogP contribution in [0.3, 0.4) is 0 Å². The highest BCUT2D eigenvalue weighted by atomic mass is 19.4. The highest BCUT2D eigenvalue weighted by Crippen LogP contribution is 2.41. The molecule has 1 fully saturated rings. The predicted octanol–water partition coefficient (Wildman–Crippen LogP) is 1.82. The largest absolute Gasteiger partial charge is 0.509 e. The van der Waals surface area contributed by atoms with Crippen LogP contribution in [-0.2, 0) is 14.3 Å². The predicted molar refractivity (Wildman–Crippen MR) is 41.1 cm³/mol. The first-order chi connectivity index (χ1) is 6.77. The van der Waals surface area contributed by atoms with Crippen molar-refractivity contribution in [2.75, 3.05) is 6.61 Å². The van der Waals surface area contributed by atoms with Gasteiger partial charge in [0.15, 0.2) is 0 Å². The van der Waals surface area contributed by atoms with Crippen molar-refractivity contribution < 1.29 is 32.2 Å². The first-order valence-electron chi connectivity index (χ1n) is 4.19. The fourth-order valence-corrected chi connectivity index (χ4v) is 1.37. The minimum Gasteiger partial charge on any atom is -0.434 e. The first kappa shape index (κ1) is 11.8. The van der Waals surface area contributed by atoms with Gasteiger partial charge in [-0.3, -0.25) is 4.79 Å². The minimum absolute atomic E-state index is 0.397. The third kappa shape index (κ3) is 2.40. The second kappa shape index (κ2) is 3.71. The van der Waals surface area contributed by atoms with Crippen molar-refractivity contribution in [3.05, 3.63) is 0 Å². The van der Waals surface area contributed by atoms with E-state index in [1.807, 2.05) is 0 Å². The molecule has 0 amide bonds. The molecule has 4 nitrogen and oxygen atoms in total. The van der Waals surface area contributed by atoms with Gasteiger partial charge in [0, 0.05) is 6.42 Å². The molecule has 0 spiro atoms. The van der Waals surface area contributed by atoms with Gasteiger partial charge in [-0.05, 0) is 6.92 Å². The molecule has 0 aromatic rings. The Morgan fingerprint density at radius 2 is 2.13 bits per heavy atom. The van der Waals surface area contributed by atoms with Gasteiger partial charge in [-0.1, -0.05) is 0 Å². The Labute approximate surface area is 83.3 Å². The van der Waals surface area contributed by atoms with E-state index in [9.17, 15) is 22.8 Å². The summed E-state index contributed by atoms with van der Waals surface area (Å²) in [5, 5.41) is 0. The first-order valence-corrected chi connectivity index (χ1v) is 4.19. The molecule has 0 saturated carbocycles. The maximum Gasteiger partial charge on any atom is 0.509 e. The number of cyclic esters (lactones) is 2. The lowest BCUT2D eigenvalue weighted by Crippen LogP contribution is -2.53. The van der Waals surface area contributed by atoms with E-state index in [1.165, 1.54) is 0 Å².